The molecule has 0 unspecified atom stereocenters. The minimum Gasteiger partial charge on any atom is -0.322 e. The summed E-state index contributed by atoms with van der Waals surface area (Å²) in [5.74, 6) is -0.220. The molecule has 2 aromatic heterocycles. The summed E-state index contributed by atoms with van der Waals surface area (Å²) in [4.78, 5) is 17.1. The number of benzene rings is 2. The number of anilines is 1. The molecule has 5 nitrogen and oxygen atoms in total. The first-order valence-corrected chi connectivity index (χ1v) is 8.50. The predicted octanol–water partition coefficient (Wildman–Crippen LogP) is 4.43. The van der Waals surface area contributed by atoms with Gasteiger partial charge in [0.05, 0.1) is 17.3 Å². The van der Waals surface area contributed by atoms with Crippen LogP contribution in [0.25, 0.3) is 16.9 Å². The molecule has 27 heavy (non-hydrogen) atoms. The first-order chi connectivity index (χ1) is 13.1. The van der Waals surface area contributed by atoms with E-state index < -0.39 is 0 Å². The Bertz CT molecular complexity index is 1180. The molecule has 0 bridgehead atoms. The fourth-order valence-corrected chi connectivity index (χ4v) is 2.88. The highest BCUT2D eigenvalue weighted by atomic mass is 16.1. The zero-order valence-electron chi connectivity index (χ0n) is 14.7. The minimum absolute atomic E-state index is 0.220. The number of nitriles is 1. The van der Waals surface area contributed by atoms with Crippen molar-refractivity contribution < 1.29 is 4.79 Å². The number of carbonyl (C=O) groups excluding carboxylic acids is 1. The number of hydrogen-bond acceptors (Lipinski definition) is 3. The van der Waals surface area contributed by atoms with Gasteiger partial charge < -0.3 is 9.72 Å². The Balaban J connectivity index is 1.59. The van der Waals surface area contributed by atoms with E-state index in [0.717, 1.165) is 22.5 Å². The summed E-state index contributed by atoms with van der Waals surface area (Å²) >= 11 is 0. The van der Waals surface area contributed by atoms with Gasteiger partial charge in [0.1, 0.15) is 5.65 Å². The van der Waals surface area contributed by atoms with Gasteiger partial charge in [0.2, 0.25) is 0 Å². The lowest BCUT2D eigenvalue weighted by Crippen LogP contribution is -2.11. The number of carbonyl (C=O) groups is 1. The number of fused-ring (bicyclic) bond motifs is 1. The van der Waals surface area contributed by atoms with Crippen molar-refractivity contribution in [3.05, 3.63) is 89.7 Å². The molecule has 4 aromatic rings. The molecule has 0 aliphatic heterocycles. The van der Waals surface area contributed by atoms with Crippen LogP contribution in [0.5, 0.6) is 0 Å². The zero-order chi connectivity index (χ0) is 18.8. The van der Waals surface area contributed by atoms with E-state index in [9.17, 15) is 4.79 Å². The second-order valence-corrected chi connectivity index (χ2v) is 6.32. The Morgan fingerprint density at radius 1 is 1.11 bits per heavy atom. The van der Waals surface area contributed by atoms with Gasteiger partial charge in [0.25, 0.3) is 5.91 Å². The minimum atomic E-state index is -0.220. The van der Waals surface area contributed by atoms with Crippen LogP contribution in [0, 0.1) is 18.3 Å². The molecule has 2 heterocycles. The molecule has 0 atom stereocenters. The number of amides is 1. The predicted molar refractivity (Wildman–Crippen MR) is 104 cm³/mol. The Morgan fingerprint density at radius 2 is 1.93 bits per heavy atom. The van der Waals surface area contributed by atoms with Gasteiger partial charge in [0.15, 0.2) is 0 Å². The lowest BCUT2D eigenvalue weighted by Gasteiger charge is -2.06. The molecular formula is C22H16N4O. The highest BCUT2D eigenvalue weighted by molar-refractivity contribution is 6.04. The summed E-state index contributed by atoms with van der Waals surface area (Å²) in [5, 5.41) is 11.7. The average molecular weight is 352 g/mol. The molecule has 4 rings (SSSR count). The van der Waals surface area contributed by atoms with Gasteiger partial charge in [-0.15, -0.1) is 0 Å². The second kappa shape index (κ2) is 6.77. The van der Waals surface area contributed by atoms with Gasteiger partial charge in [-0.1, -0.05) is 12.1 Å². The number of nitrogens with zero attached hydrogens (tertiary/aromatic N) is 3. The van der Waals surface area contributed by atoms with Crippen molar-refractivity contribution in [1.29, 1.82) is 5.26 Å². The number of aryl methyl sites for hydroxylation is 1. The van der Waals surface area contributed by atoms with Crippen molar-refractivity contribution in [2.75, 3.05) is 5.32 Å². The Labute approximate surface area is 156 Å². The zero-order valence-corrected chi connectivity index (χ0v) is 14.7. The van der Waals surface area contributed by atoms with E-state index in [0.29, 0.717) is 16.8 Å². The largest absolute Gasteiger partial charge is 0.322 e. The number of rotatable bonds is 3. The maximum Gasteiger partial charge on any atom is 0.255 e. The van der Waals surface area contributed by atoms with Crippen molar-refractivity contribution in [3.8, 4) is 17.3 Å². The van der Waals surface area contributed by atoms with Crippen molar-refractivity contribution in [3.63, 3.8) is 0 Å². The third kappa shape index (κ3) is 3.42. The molecule has 2 aromatic carbocycles. The molecule has 0 saturated carbocycles. The lowest BCUT2D eigenvalue weighted by atomic mass is 10.1. The SMILES string of the molecule is Cc1ccn2cc(-c3cccc(NC(=O)c4ccc(C#N)cc4)c3)nc2c1. The standard InChI is InChI=1S/C22H16N4O/c1-15-9-10-26-14-20(25-21(26)11-15)18-3-2-4-19(12-18)24-22(27)17-7-5-16(13-23)6-8-17/h2-12,14H,1H3,(H,24,27). The van der Waals surface area contributed by atoms with Gasteiger partial charge in [-0.3, -0.25) is 4.79 Å². The summed E-state index contributed by atoms with van der Waals surface area (Å²) in [6, 6.07) is 20.2. The third-order valence-electron chi connectivity index (χ3n) is 4.31. The van der Waals surface area contributed by atoms with E-state index in [2.05, 4.69) is 10.3 Å². The molecule has 0 aliphatic rings. The van der Waals surface area contributed by atoms with Crippen LogP contribution < -0.4 is 5.32 Å². The highest BCUT2D eigenvalue weighted by Crippen LogP contribution is 2.23. The van der Waals surface area contributed by atoms with Crippen molar-refractivity contribution in [2.45, 2.75) is 6.92 Å². The van der Waals surface area contributed by atoms with Gasteiger partial charge in [-0.2, -0.15) is 5.26 Å². The van der Waals surface area contributed by atoms with Crippen LogP contribution in [0.4, 0.5) is 5.69 Å². The molecule has 0 aliphatic carbocycles. The van der Waals surface area contributed by atoms with Gasteiger partial charge in [-0.05, 0) is 61.0 Å². The topological polar surface area (TPSA) is 70.2 Å². The van der Waals surface area contributed by atoms with Crippen LogP contribution in [0.1, 0.15) is 21.5 Å². The van der Waals surface area contributed by atoms with E-state index in [1.165, 1.54) is 0 Å². The highest BCUT2D eigenvalue weighted by Gasteiger charge is 2.09. The molecule has 1 amide bonds. The van der Waals surface area contributed by atoms with Crippen LogP contribution in [0.3, 0.4) is 0 Å². The summed E-state index contributed by atoms with van der Waals surface area (Å²) in [5.41, 5.74) is 5.53. The summed E-state index contributed by atoms with van der Waals surface area (Å²) in [6.07, 6.45) is 3.95. The molecule has 130 valence electrons. The first-order valence-electron chi connectivity index (χ1n) is 8.50. The fourth-order valence-electron chi connectivity index (χ4n) is 2.88. The van der Waals surface area contributed by atoms with Crippen molar-refractivity contribution in [2.24, 2.45) is 0 Å². The van der Waals surface area contributed by atoms with Crippen molar-refractivity contribution in [1.82, 2.24) is 9.38 Å². The van der Waals surface area contributed by atoms with Gasteiger partial charge in [-0.25, -0.2) is 4.98 Å². The average Bonchev–Trinajstić information content (AvgIpc) is 3.11. The van der Waals surface area contributed by atoms with Crippen LogP contribution >= 0.6 is 0 Å². The quantitative estimate of drug-likeness (QED) is 0.593. The van der Waals surface area contributed by atoms with Crippen LogP contribution in [0.2, 0.25) is 0 Å². The smallest absolute Gasteiger partial charge is 0.255 e. The number of nitrogens with one attached hydrogen (secondary N) is 1. The van der Waals surface area contributed by atoms with Crippen LogP contribution in [0.15, 0.2) is 73.1 Å². The monoisotopic (exact) mass is 352 g/mol. The molecule has 0 spiro atoms. The fraction of sp³-hybridized carbons (Fsp3) is 0.0455. The second-order valence-electron chi connectivity index (χ2n) is 6.32. The van der Waals surface area contributed by atoms with E-state index in [-0.39, 0.29) is 5.91 Å². The molecule has 0 saturated heterocycles. The van der Waals surface area contributed by atoms with E-state index in [1.807, 2.05) is 66.2 Å². The molecule has 5 heteroatoms. The number of imidazole rings is 1. The molecule has 0 fully saturated rings. The summed E-state index contributed by atoms with van der Waals surface area (Å²) in [7, 11) is 0. The number of hydrogen-bond donors (Lipinski definition) is 1. The van der Waals surface area contributed by atoms with E-state index in [4.69, 9.17) is 5.26 Å². The summed E-state index contributed by atoms with van der Waals surface area (Å²) in [6.45, 7) is 2.04. The van der Waals surface area contributed by atoms with E-state index in [1.54, 1.807) is 24.3 Å². The van der Waals surface area contributed by atoms with Crippen LogP contribution in [-0.4, -0.2) is 15.3 Å². The Kier molecular flexibility index (Phi) is 4.15. The number of aromatic nitrogens is 2. The van der Waals surface area contributed by atoms with Crippen molar-refractivity contribution >= 4 is 17.2 Å². The molecule has 1 N–H and O–H groups in total. The number of pyridine rings is 1. The van der Waals surface area contributed by atoms with Gasteiger partial charge in [0, 0.05) is 29.2 Å². The van der Waals surface area contributed by atoms with Gasteiger partial charge >= 0.3 is 0 Å². The Hall–Kier alpha value is -3.91. The molecular weight excluding hydrogens is 336 g/mol. The molecule has 0 radical (unpaired) electrons. The normalized spacial score (nSPS) is 10.5. The first kappa shape index (κ1) is 16.6. The summed E-state index contributed by atoms with van der Waals surface area (Å²) < 4.78 is 1.98. The van der Waals surface area contributed by atoms with E-state index >= 15 is 0 Å². The third-order valence-corrected chi connectivity index (χ3v) is 4.31. The lowest BCUT2D eigenvalue weighted by molar-refractivity contribution is 0.102. The maximum absolute atomic E-state index is 12.4. The maximum atomic E-state index is 12.4. The van der Waals surface area contributed by atoms with Crippen LogP contribution in [-0.2, 0) is 0 Å². The Morgan fingerprint density at radius 3 is 2.70 bits per heavy atom.